The van der Waals surface area contributed by atoms with E-state index in [9.17, 15) is 0 Å². The van der Waals surface area contributed by atoms with E-state index in [2.05, 4.69) is 15.5 Å². The number of aromatic nitrogens is 2. The summed E-state index contributed by atoms with van der Waals surface area (Å²) in [5.41, 5.74) is 0.430. The third-order valence-electron chi connectivity index (χ3n) is 3.33. The van der Waals surface area contributed by atoms with Crippen LogP contribution in [0.25, 0.3) is 0 Å². The Morgan fingerprint density at radius 2 is 2.46 bits per heavy atom. The van der Waals surface area contributed by atoms with Crippen molar-refractivity contribution in [2.24, 2.45) is 0 Å². The highest BCUT2D eigenvalue weighted by Gasteiger charge is 2.47. The zero-order valence-corrected chi connectivity index (χ0v) is 7.49. The second-order valence-corrected chi connectivity index (χ2v) is 4.19. The average Bonchev–Trinajstić information content (AvgIpc) is 2.72. The largest absolute Gasteiger partial charge is 0.428 e. The van der Waals surface area contributed by atoms with Crippen molar-refractivity contribution in [1.82, 2.24) is 15.5 Å². The summed E-state index contributed by atoms with van der Waals surface area (Å²) in [7, 11) is 0. The molecule has 4 nitrogen and oxygen atoms in total. The van der Waals surface area contributed by atoms with Gasteiger partial charge >= 0.3 is 0 Å². The van der Waals surface area contributed by atoms with Crippen molar-refractivity contribution in [2.75, 3.05) is 6.54 Å². The average molecular weight is 179 g/mol. The summed E-state index contributed by atoms with van der Waals surface area (Å²) in [6.45, 7) is 1.18. The fraction of sp³-hybridized carbons (Fsp3) is 0.778. The predicted molar refractivity (Wildman–Crippen MR) is 46.2 cm³/mol. The lowest BCUT2D eigenvalue weighted by Crippen LogP contribution is -2.50. The van der Waals surface area contributed by atoms with Crippen LogP contribution in [0.4, 0.5) is 0 Å². The summed E-state index contributed by atoms with van der Waals surface area (Å²) in [6, 6.07) is 0. The summed E-state index contributed by atoms with van der Waals surface area (Å²) >= 11 is 0. The molecule has 13 heavy (non-hydrogen) atoms. The van der Waals surface area contributed by atoms with E-state index in [1.54, 1.807) is 0 Å². The normalized spacial score (nSPS) is 38.0. The SMILES string of the molecule is c1nnc(C2CC3(CCCN3)C2)o1. The van der Waals surface area contributed by atoms with E-state index in [-0.39, 0.29) is 0 Å². The van der Waals surface area contributed by atoms with Crippen molar-refractivity contribution in [3.8, 4) is 0 Å². The topological polar surface area (TPSA) is 51.0 Å². The van der Waals surface area contributed by atoms with Gasteiger partial charge in [-0.25, -0.2) is 0 Å². The van der Waals surface area contributed by atoms with Crippen LogP contribution >= 0.6 is 0 Å². The molecule has 1 aliphatic carbocycles. The second kappa shape index (κ2) is 2.54. The van der Waals surface area contributed by atoms with Gasteiger partial charge in [-0.3, -0.25) is 0 Å². The Labute approximate surface area is 76.7 Å². The van der Waals surface area contributed by atoms with Gasteiger partial charge < -0.3 is 9.73 Å². The smallest absolute Gasteiger partial charge is 0.219 e. The monoisotopic (exact) mass is 179 g/mol. The molecular weight excluding hydrogens is 166 g/mol. The summed E-state index contributed by atoms with van der Waals surface area (Å²) in [6.07, 6.45) is 6.40. The van der Waals surface area contributed by atoms with Crippen LogP contribution in [-0.4, -0.2) is 22.3 Å². The van der Waals surface area contributed by atoms with E-state index in [0.717, 1.165) is 5.89 Å². The van der Waals surface area contributed by atoms with Crippen LogP contribution in [0.3, 0.4) is 0 Å². The maximum Gasteiger partial charge on any atom is 0.219 e. The Balaban J connectivity index is 1.68. The van der Waals surface area contributed by atoms with Crippen LogP contribution in [0, 0.1) is 0 Å². The minimum atomic E-state index is 0.430. The van der Waals surface area contributed by atoms with Gasteiger partial charge in [0.15, 0.2) is 0 Å². The van der Waals surface area contributed by atoms with Gasteiger partial charge in [-0.1, -0.05) is 0 Å². The first kappa shape index (κ1) is 7.50. The van der Waals surface area contributed by atoms with Crippen LogP contribution in [0.1, 0.15) is 37.5 Å². The zero-order chi connectivity index (χ0) is 8.73. The van der Waals surface area contributed by atoms with Gasteiger partial charge in [-0.2, -0.15) is 0 Å². The fourth-order valence-corrected chi connectivity index (χ4v) is 2.63. The van der Waals surface area contributed by atoms with E-state index >= 15 is 0 Å². The molecule has 0 amide bonds. The molecule has 0 bridgehead atoms. The van der Waals surface area contributed by atoms with Gasteiger partial charge in [0.25, 0.3) is 0 Å². The standard InChI is InChI=1S/C9H13N3O/c1-2-9(10-3-1)4-7(5-9)8-12-11-6-13-8/h6-7,10H,1-5H2. The number of hydrogen-bond donors (Lipinski definition) is 1. The third kappa shape index (κ3) is 1.09. The Morgan fingerprint density at radius 3 is 3.08 bits per heavy atom. The number of nitrogens with one attached hydrogen (secondary N) is 1. The molecule has 3 rings (SSSR count). The van der Waals surface area contributed by atoms with Crippen LogP contribution in [0.2, 0.25) is 0 Å². The molecule has 1 N–H and O–H groups in total. The predicted octanol–water partition coefficient (Wildman–Crippen LogP) is 1.07. The van der Waals surface area contributed by atoms with E-state index in [4.69, 9.17) is 4.42 Å². The molecule has 1 aliphatic heterocycles. The fourth-order valence-electron chi connectivity index (χ4n) is 2.63. The van der Waals surface area contributed by atoms with Crippen LogP contribution in [0.15, 0.2) is 10.8 Å². The maximum absolute atomic E-state index is 5.19. The van der Waals surface area contributed by atoms with E-state index in [0.29, 0.717) is 11.5 Å². The Kier molecular flexibility index (Phi) is 1.47. The molecule has 1 aromatic heterocycles. The lowest BCUT2D eigenvalue weighted by Gasteiger charge is -2.43. The molecule has 1 saturated carbocycles. The van der Waals surface area contributed by atoms with Crippen LogP contribution in [0.5, 0.6) is 0 Å². The zero-order valence-electron chi connectivity index (χ0n) is 7.49. The molecule has 0 unspecified atom stereocenters. The molecule has 2 heterocycles. The molecular formula is C9H13N3O. The molecule has 0 radical (unpaired) electrons. The van der Waals surface area contributed by atoms with E-state index in [1.807, 2.05) is 0 Å². The van der Waals surface area contributed by atoms with E-state index < -0.39 is 0 Å². The molecule has 70 valence electrons. The quantitative estimate of drug-likeness (QED) is 0.700. The molecule has 1 aromatic rings. The maximum atomic E-state index is 5.19. The van der Waals surface area contributed by atoms with Gasteiger partial charge in [0.05, 0.1) is 0 Å². The van der Waals surface area contributed by atoms with Crippen molar-refractivity contribution < 1.29 is 4.42 Å². The van der Waals surface area contributed by atoms with Gasteiger partial charge in [-0.15, -0.1) is 10.2 Å². The highest BCUT2D eigenvalue weighted by atomic mass is 16.4. The first-order valence-corrected chi connectivity index (χ1v) is 4.89. The van der Waals surface area contributed by atoms with Gasteiger partial charge in [-0.05, 0) is 32.2 Å². The van der Waals surface area contributed by atoms with E-state index in [1.165, 1.54) is 38.6 Å². The third-order valence-corrected chi connectivity index (χ3v) is 3.33. The summed E-state index contributed by atoms with van der Waals surface area (Å²) in [5, 5.41) is 11.2. The Hall–Kier alpha value is -0.900. The highest BCUT2D eigenvalue weighted by molar-refractivity contribution is 5.12. The lowest BCUT2D eigenvalue weighted by atomic mass is 9.67. The minimum Gasteiger partial charge on any atom is -0.428 e. The van der Waals surface area contributed by atoms with Crippen LogP contribution in [-0.2, 0) is 0 Å². The summed E-state index contributed by atoms with van der Waals surface area (Å²) in [4.78, 5) is 0. The van der Waals surface area contributed by atoms with Gasteiger partial charge in [0.1, 0.15) is 0 Å². The first-order chi connectivity index (χ1) is 6.38. The molecule has 0 atom stereocenters. The summed E-state index contributed by atoms with van der Waals surface area (Å²) in [5.74, 6) is 1.33. The lowest BCUT2D eigenvalue weighted by molar-refractivity contribution is 0.156. The minimum absolute atomic E-state index is 0.430. The Bertz CT molecular complexity index is 282. The molecule has 2 aliphatic rings. The van der Waals surface area contributed by atoms with Gasteiger partial charge in [0.2, 0.25) is 12.3 Å². The first-order valence-electron chi connectivity index (χ1n) is 4.89. The van der Waals surface area contributed by atoms with Crippen molar-refractivity contribution >= 4 is 0 Å². The molecule has 4 heteroatoms. The molecule has 0 aromatic carbocycles. The number of nitrogens with zero attached hydrogens (tertiary/aromatic N) is 2. The highest BCUT2D eigenvalue weighted by Crippen LogP contribution is 2.48. The van der Waals surface area contributed by atoms with Gasteiger partial charge in [0, 0.05) is 11.5 Å². The van der Waals surface area contributed by atoms with Crippen molar-refractivity contribution in [3.05, 3.63) is 12.3 Å². The molecule has 1 saturated heterocycles. The van der Waals surface area contributed by atoms with Crippen LogP contribution < -0.4 is 5.32 Å². The second-order valence-electron chi connectivity index (χ2n) is 4.19. The molecule has 1 spiro atoms. The van der Waals surface area contributed by atoms with Crippen molar-refractivity contribution in [2.45, 2.75) is 37.1 Å². The summed E-state index contributed by atoms with van der Waals surface area (Å²) < 4.78 is 5.19. The number of hydrogen-bond acceptors (Lipinski definition) is 4. The molecule has 2 fully saturated rings. The van der Waals surface area contributed by atoms with Crippen molar-refractivity contribution in [3.63, 3.8) is 0 Å². The number of rotatable bonds is 1. The van der Waals surface area contributed by atoms with Crippen molar-refractivity contribution in [1.29, 1.82) is 0 Å². The Morgan fingerprint density at radius 1 is 1.54 bits per heavy atom.